The lowest BCUT2D eigenvalue weighted by atomic mass is 10.4. The minimum atomic E-state index is 0.575. The third kappa shape index (κ3) is 3.75. The smallest absolute Gasteiger partial charge is 0.205 e. The maximum Gasteiger partial charge on any atom is 0.205 e. The van der Waals surface area contributed by atoms with Gasteiger partial charge in [-0.2, -0.15) is 0 Å². The van der Waals surface area contributed by atoms with E-state index in [4.69, 9.17) is 23.2 Å². The number of nitrogens with one attached hydrogen (secondary N) is 1. The SMILES string of the molecule is CCNc1nnc(CSc2ccc(Cl)c(Cl)c2)s1. The van der Waals surface area contributed by atoms with Gasteiger partial charge in [-0.3, -0.25) is 0 Å². The average molecular weight is 320 g/mol. The Morgan fingerprint density at radius 2 is 2.11 bits per heavy atom. The van der Waals surface area contributed by atoms with Crippen molar-refractivity contribution in [3.63, 3.8) is 0 Å². The molecule has 1 aromatic carbocycles. The molecule has 0 amide bonds. The first-order chi connectivity index (χ1) is 8.69. The van der Waals surface area contributed by atoms with Crippen LogP contribution in [0.4, 0.5) is 5.13 Å². The van der Waals surface area contributed by atoms with Gasteiger partial charge in [0.15, 0.2) is 0 Å². The van der Waals surface area contributed by atoms with Crippen LogP contribution in [0.5, 0.6) is 0 Å². The Labute approximate surface area is 124 Å². The normalized spacial score (nSPS) is 10.6. The van der Waals surface area contributed by atoms with Crippen LogP contribution in [-0.4, -0.2) is 16.7 Å². The van der Waals surface area contributed by atoms with E-state index in [0.717, 1.165) is 27.3 Å². The standard InChI is InChI=1S/C11H11Cl2N3S2/c1-2-14-11-16-15-10(18-11)6-17-7-3-4-8(12)9(13)5-7/h3-5H,2,6H2,1H3,(H,14,16). The van der Waals surface area contributed by atoms with Crippen molar-refractivity contribution in [1.29, 1.82) is 0 Å². The van der Waals surface area contributed by atoms with Gasteiger partial charge >= 0.3 is 0 Å². The van der Waals surface area contributed by atoms with Gasteiger partial charge < -0.3 is 5.32 Å². The van der Waals surface area contributed by atoms with E-state index in [-0.39, 0.29) is 0 Å². The largest absolute Gasteiger partial charge is 0.360 e. The number of hydrogen-bond acceptors (Lipinski definition) is 5. The molecule has 0 saturated carbocycles. The maximum atomic E-state index is 5.96. The first kappa shape index (κ1) is 13.9. The summed E-state index contributed by atoms with van der Waals surface area (Å²) in [4.78, 5) is 1.07. The van der Waals surface area contributed by atoms with Crippen molar-refractivity contribution in [2.45, 2.75) is 17.6 Å². The molecule has 0 aliphatic rings. The minimum Gasteiger partial charge on any atom is -0.360 e. The van der Waals surface area contributed by atoms with E-state index in [1.807, 2.05) is 19.1 Å². The molecule has 1 N–H and O–H groups in total. The molecule has 0 fully saturated rings. The molecule has 0 radical (unpaired) electrons. The molecule has 1 heterocycles. The predicted molar refractivity (Wildman–Crippen MR) is 80.1 cm³/mol. The predicted octanol–water partition coefficient (Wildman–Crippen LogP) is 4.57. The molecule has 1 aromatic heterocycles. The molecule has 0 aliphatic heterocycles. The minimum absolute atomic E-state index is 0.575. The van der Waals surface area contributed by atoms with Crippen LogP contribution >= 0.6 is 46.3 Å². The van der Waals surface area contributed by atoms with Gasteiger partial charge in [0, 0.05) is 11.4 Å². The molecule has 0 aliphatic carbocycles. The molecule has 7 heteroatoms. The Kier molecular flexibility index (Phi) is 5.12. The second-order valence-corrected chi connectivity index (χ2v) is 6.32. The van der Waals surface area contributed by atoms with Crippen molar-refractivity contribution in [2.75, 3.05) is 11.9 Å². The lowest BCUT2D eigenvalue weighted by Crippen LogP contribution is -1.94. The highest BCUT2D eigenvalue weighted by molar-refractivity contribution is 7.98. The number of halogens is 2. The van der Waals surface area contributed by atoms with Crippen molar-refractivity contribution in [3.05, 3.63) is 33.3 Å². The van der Waals surface area contributed by atoms with Crippen LogP contribution in [0.3, 0.4) is 0 Å². The molecule has 2 rings (SSSR count). The highest BCUT2D eigenvalue weighted by Gasteiger charge is 2.05. The average Bonchev–Trinajstić information content (AvgIpc) is 2.79. The Hall–Kier alpha value is -0.490. The van der Waals surface area contributed by atoms with Gasteiger partial charge in [0.1, 0.15) is 5.01 Å². The maximum absolute atomic E-state index is 5.96. The van der Waals surface area contributed by atoms with Crippen LogP contribution in [0.1, 0.15) is 11.9 Å². The molecule has 3 nitrogen and oxygen atoms in total. The van der Waals surface area contributed by atoms with Crippen LogP contribution in [-0.2, 0) is 5.75 Å². The zero-order valence-electron chi connectivity index (χ0n) is 9.61. The van der Waals surface area contributed by atoms with Gasteiger partial charge in [-0.15, -0.1) is 22.0 Å². The number of thioether (sulfide) groups is 1. The Morgan fingerprint density at radius 1 is 1.28 bits per heavy atom. The van der Waals surface area contributed by atoms with E-state index in [1.54, 1.807) is 29.2 Å². The third-order valence-electron chi connectivity index (χ3n) is 2.05. The molecular weight excluding hydrogens is 309 g/mol. The highest BCUT2D eigenvalue weighted by atomic mass is 35.5. The van der Waals surface area contributed by atoms with Crippen molar-refractivity contribution >= 4 is 51.4 Å². The van der Waals surface area contributed by atoms with Gasteiger partial charge in [-0.1, -0.05) is 34.5 Å². The van der Waals surface area contributed by atoms with Crippen LogP contribution in [0, 0.1) is 0 Å². The number of benzene rings is 1. The van der Waals surface area contributed by atoms with E-state index in [2.05, 4.69) is 15.5 Å². The van der Waals surface area contributed by atoms with E-state index in [1.165, 1.54) is 0 Å². The van der Waals surface area contributed by atoms with Crippen LogP contribution in [0.25, 0.3) is 0 Å². The summed E-state index contributed by atoms with van der Waals surface area (Å²) in [6, 6.07) is 5.61. The lowest BCUT2D eigenvalue weighted by molar-refractivity contribution is 1.03. The van der Waals surface area contributed by atoms with Crippen LogP contribution in [0.2, 0.25) is 10.0 Å². The highest BCUT2D eigenvalue weighted by Crippen LogP contribution is 2.30. The molecule has 2 aromatic rings. The molecule has 0 saturated heterocycles. The zero-order valence-corrected chi connectivity index (χ0v) is 12.8. The monoisotopic (exact) mass is 319 g/mol. The summed E-state index contributed by atoms with van der Waals surface area (Å²) in [6.45, 7) is 2.89. The van der Waals surface area contributed by atoms with Gasteiger partial charge in [0.25, 0.3) is 0 Å². The van der Waals surface area contributed by atoms with E-state index in [9.17, 15) is 0 Å². The van der Waals surface area contributed by atoms with E-state index >= 15 is 0 Å². The zero-order chi connectivity index (χ0) is 13.0. The third-order valence-corrected chi connectivity index (χ3v) is 4.86. The van der Waals surface area contributed by atoms with Gasteiger partial charge in [0.2, 0.25) is 5.13 Å². The molecular formula is C11H11Cl2N3S2. The Morgan fingerprint density at radius 3 is 2.83 bits per heavy atom. The molecule has 0 unspecified atom stereocenters. The fourth-order valence-corrected chi connectivity index (χ4v) is 3.34. The summed E-state index contributed by atoms with van der Waals surface area (Å²) in [6.07, 6.45) is 0. The van der Waals surface area contributed by atoms with Crippen molar-refractivity contribution in [3.8, 4) is 0 Å². The molecule has 0 atom stereocenters. The fraction of sp³-hybridized carbons (Fsp3) is 0.273. The number of rotatable bonds is 5. The van der Waals surface area contributed by atoms with Crippen molar-refractivity contribution in [1.82, 2.24) is 10.2 Å². The van der Waals surface area contributed by atoms with Gasteiger partial charge in [0.05, 0.1) is 15.8 Å². The number of hydrogen-bond donors (Lipinski definition) is 1. The topological polar surface area (TPSA) is 37.8 Å². The van der Waals surface area contributed by atoms with E-state index in [0.29, 0.717) is 10.0 Å². The molecule has 0 spiro atoms. The fourth-order valence-electron chi connectivity index (χ4n) is 1.25. The Bertz CT molecular complexity index is 531. The first-order valence-corrected chi connectivity index (χ1v) is 7.89. The summed E-state index contributed by atoms with van der Waals surface area (Å²) in [5, 5.41) is 14.3. The van der Waals surface area contributed by atoms with Crippen LogP contribution < -0.4 is 5.32 Å². The van der Waals surface area contributed by atoms with E-state index < -0.39 is 0 Å². The lowest BCUT2D eigenvalue weighted by Gasteiger charge is -2.01. The van der Waals surface area contributed by atoms with Crippen molar-refractivity contribution < 1.29 is 0 Å². The summed E-state index contributed by atoms with van der Waals surface area (Å²) >= 11 is 15.1. The van der Waals surface area contributed by atoms with Gasteiger partial charge in [-0.25, -0.2) is 0 Å². The first-order valence-electron chi connectivity index (χ1n) is 5.33. The molecule has 0 bridgehead atoms. The summed E-state index contributed by atoms with van der Waals surface area (Å²) in [5.41, 5.74) is 0. The quantitative estimate of drug-likeness (QED) is 0.819. The number of aromatic nitrogens is 2. The van der Waals surface area contributed by atoms with Gasteiger partial charge in [-0.05, 0) is 25.1 Å². The number of nitrogens with zero attached hydrogens (tertiary/aromatic N) is 2. The summed E-state index contributed by atoms with van der Waals surface area (Å²) in [5.74, 6) is 0.779. The molecule has 96 valence electrons. The van der Waals surface area contributed by atoms with Crippen LogP contribution in [0.15, 0.2) is 23.1 Å². The number of anilines is 1. The summed E-state index contributed by atoms with van der Waals surface area (Å²) in [7, 11) is 0. The summed E-state index contributed by atoms with van der Waals surface area (Å²) < 4.78 is 0. The second kappa shape index (κ2) is 6.61. The second-order valence-electron chi connectivity index (χ2n) is 3.40. The van der Waals surface area contributed by atoms with Crippen molar-refractivity contribution in [2.24, 2.45) is 0 Å². The Balaban J connectivity index is 1.95. The molecule has 18 heavy (non-hydrogen) atoms.